The van der Waals surface area contributed by atoms with Crippen LogP contribution in [-0.2, 0) is 12.8 Å². The van der Waals surface area contributed by atoms with E-state index in [-0.39, 0.29) is 6.42 Å². The monoisotopic (exact) mass is 284 g/mol. The second-order valence-corrected chi connectivity index (χ2v) is 5.09. The number of rotatable bonds is 5. The Hall–Kier alpha value is -1.40. The van der Waals surface area contributed by atoms with E-state index in [1.54, 1.807) is 0 Å². The first-order valence-electron chi connectivity index (χ1n) is 6.05. The highest BCUT2D eigenvalue weighted by molar-refractivity contribution is 7.05. The Morgan fingerprint density at radius 2 is 2.11 bits per heavy atom. The predicted molar refractivity (Wildman–Crippen MR) is 68.9 cm³/mol. The second kappa shape index (κ2) is 6.16. The average molecular weight is 284 g/mol. The molecule has 3 nitrogen and oxygen atoms in total. The molecule has 0 radical (unpaired) electrons. The Morgan fingerprint density at radius 1 is 1.32 bits per heavy atom. The summed E-state index contributed by atoms with van der Waals surface area (Å²) >= 11 is 1.15. The molecule has 0 bridgehead atoms. The Balaban J connectivity index is 2.13. The minimum absolute atomic E-state index is 0.220. The summed E-state index contributed by atoms with van der Waals surface area (Å²) in [6.07, 6.45) is 1.10. The highest BCUT2D eigenvalue weighted by Crippen LogP contribution is 2.25. The third kappa shape index (κ3) is 3.33. The summed E-state index contributed by atoms with van der Waals surface area (Å²) in [6.45, 7) is 2.02. The molecular formula is C13H14F2N2OS. The molecule has 0 saturated carbocycles. The van der Waals surface area contributed by atoms with E-state index in [1.807, 2.05) is 6.92 Å². The van der Waals surface area contributed by atoms with Gasteiger partial charge in [0.2, 0.25) is 0 Å². The van der Waals surface area contributed by atoms with Crippen LogP contribution in [0, 0.1) is 11.6 Å². The van der Waals surface area contributed by atoms with Gasteiger partial charge in [-0.15, -0.1) is 5.10 Å². The summed E-state index contributed by atoms with van der Waals surface area (Å²) in [6, 6.07) is 3.64. The molecule has 1 aromatic heterocycles. The van der Waals surface area contributed by atoms with Gasteiger partial charge in [-0.1, -0.05) is 23.9 Å². The summed E-state index contributed by atoms with van der Waals surface area (Å²) in [5, 5.41) is 14.1. The molecule has 0 fully saturated rings. The first kappa shape index (κ1) is 14.0. The van der Waals surface area contributed by atoms with E-state index < -0.39 is 17.7 Å². The van der Waals surface area contributed by atoms with Gasteiger partial charge in [0.25, 0.3) is 0 Å². The minimum Gasteiger partial charge on any atom is -0.387 e. The third-order valence-corrected chi connectivity index (χ3v) is 3.66. The molecule has 0 amide bonds. The van der Waals surface area contributed by atoms with E-state index in [2.05, 4.69) is 9.59 Å². The maximum Gasteiger partial charge on any atom is 0.159 e. The molecule has 2 aromatic rings. The van der Waals surface area contributed by atoms with Crippen molar-refractivity contribution in [3.8, 4) is 0 Å². The number of aliphatic hydroxyl groups is 1. The summed E-state index contributed by atoms with van der Waals surface area (Å²) in [5.41, 5.74) is 1.32. The van der Waals surface area contributed by atoms with Crippen molar-refractivity contribution >= 4 is 11.5 Å². The number of halogens is 2. The van der Waals surface area contributed by atoms with Crippen molar-refractivity contribution in [2.24, 2.45) is 0 Å². The fourth-order valence-corrected chi connectivity index (χ4v) is 2.54. The molecule has 0 spiro atoms. The topological polar surface area (TPSA) is 46.0 Å². The fourth-order valence-electron chi connectivity index (χ4n) is 1.86. The maximum absolute atomic E-state index is 13.1. The molecule has 0 aliphatic rings. The van der Waals surface area contributed by atoms with Crippen molar-refractivity contribution in [1.29, 1.82) is 0 Å². The van der Waals surface area contributed by atoms with Crippen molar-refractivity contribution in [3.05, 3.63) is 46.0 Å². The van der Waals surface area contributed by atoms with Gasteiger partial charge in [-0.05, 0) is 35.6 Å². The fraction of sp³-hybridized carbons (Fsp3) is 0.385. The normalized spacial score (nSPS) is 12.6. The van der Waals surface area contributed by atoms with Crippen LogP contribution < -0.4 is 0 Å². The zero-order valence-corrected chi connectivity index (χ0v) is 11.3. The minimum atomic E-state index is -0.902. The average Bonchev–Trinajstić information content (AvgIpc) is 2.83. The molecule has 19 heavy (non-hydrogen) atoms. The lowest BCUT2D eigenvalue weighted by Gasteiger charge is -2.10. The van der Waals surface area contributed by atoms with E-state index in [4.69, 9.17) is 0 Å². The summed E-state index contributed by atoms with van der Waals surface area (Å²) in [5.74, 6) is -1.79. The van der Waals surface area contributed by atoms with Gasteiger partial charge in [0.05, 0.1) is 16.7 Å². The number of aryl methyl sites for hydroxylation is 1. The standard InChI is InChI=1S/C13H14F2N2OS/c1-2-3-11-13(19-17-16-11)12(18)7-8-4-5-9(14)10(15)6-8/h4-6,12,18H,2-3,7H2,1H3. The highest BCUT2D eigenvalue weighted by atomic mass is 32.1. The van der Waals surface area contributed by atoms with E-state index in [0.29, 0.717) is 10.4 Å². The van der Waals surface area contributed by atoms with Gasteiger partial charge in [-0.3, -0.25) is 0 Å². The van der Waals surface area contributed by atoms with Gasteiger partial charge in [0, 0.05) is 6.42 Å². The number of aromatic nitrogens is 2. The molecule has 6 heteroatoms. The molecule has 1 unspecified atom stereocenters. The molecule has 1 N–H and O–H groups in total. The molecule has 2 rings (SSSR count). The molecule has 0 aliphatic carbocycles. The largest absolute Gasteiger partial charge is 0.387 e. The molecular weight excluding hydrogens is 270 g/mol. The van der Waals surface area contributed by atoms with Gasteiger partial charge in [-0.25, -0.2) is 8.78 Å². The van der Waals surface area contributed by atoms with Gasteiger partial charge in [0.15, 0.2) is 11.6 Å². The Morgan fingerprint density at radius 3 is 2.79 bits per heavy atom. The molecule has 1 atom stereocenters. The lowest BCUT2D eigenvalue weighted by atomic mass is 10.0. The van der Waals surface area contributed by atoms with Crippen LogP contribution in [0.1, 0.15) is 35.6 Å². The number of aliphatic hydroxyl groups excluding tert-OH is 1. The van der Waals surface area contributed by atoms with Gasteiger partial charge >= 0.3 is 0 Å². The van der Waals surface area contributed by atoms with E-state index >= 15 is 0 Å². The Kier molecular flexibility index (Phi) is 4.55. The zero-order chi connectivity index (χ0) is 13.8. The smallest absolute Gasteiger partial charge is 0.159 e. The summed E-state index contributed by atoms with van der Waals surface area (Å²) < 4.78 is 29.7. The number of hydrogen-bond acceptors (Lipinski definition) is 4. The number of nitrogens with zero attached hydrogens (tertiary/aromatic N) is 2. The zero-order valence-electron chi connectivity index (χ0n) is 10.4. The van der Waals surface area contributed by atoms with Crippen LogP contribution in [0.15, 0.2) is 18.2 Å². The van der Waals surface area contributed by atoms with Gasteiger partial charge < -0.3 is 5.11 Å². The van der Waals surface area contributed by atoms with Crippen LogP contribution in [0.25, 0.3) is 0 Å². The first-order chi connectivity index (χ1) is 9.11. The third-order valence-electron chi connectivity index (χ3n) is 2.79. The van der Waals surface area contributed by atoms with Crippen molar-refractivity contribution in [1.82, 2.24) is 9.59 Å². The number of hydrogen-bond donors (Lipinski definition) is 1. The summed E-state index contributed by atoms with van der Waals surface area (Å²) in [7, 11) is 0. The van der Waals surface area contributed by atoms with Crippen molar-refractivity contribution < 1.29 is 13.9 Å². The van der Waals surface area contributed by atoms with Gasteiger partial charge in [-0.2, -0.15) is 0 Å². The van der Waals surface area contributed by atoms with Crippen LogP contribution in [0.2, 0.25) is 0 Å². The van der Waals surface area contributed by atoms with Crippen LogP contribution in [0.3, 0.4) is 0 Å². The quantitative estimate of drug-likeness (QED) is 0.918. The maximum atomic E-state index is 13.1. The van der Waals surface area contributed by atoms with Crippen molar-refractivity contribution in [2.45, 2.75) is 32.3 Å². The van der Waals surface area contributed by atoms with E-state index in [9.17, 15) is 13.9 Å². The molecule has 0 saturated heterocycles. The lowest BCUT2D eigenvalue weighted by Crippen LogP contribution is -2.04. The van der Waals surface area contributed by atoms with E-state index in [1.165, 1.54) is 6.07 Å². The molecule has 1 heterocycles. The highest BCUT2D eigenvalue weighted by Gasteiger charge is 2.17. The van der Waals surface area contributed by atoms with Crippen molar-refractivity contribution in [2.75, 3.05) is 0 Å². The SMILES string of the molecule is CCCc1nnsc1C(O)Cc1ccc(F)c(F)c1. The van der Waals surface area contributed by atoms with E-state index in [0.717, 1.165) is 42.2 Å². The lowest BCUT2D eigenvalue weighted by molar-refractivity contribution is 0.181. The molecule has 0 aliphatic heterocycles. The Bertz CT molecular complexity index is 559. The first-order valence-corrected chi connectivity index (χ1v) is 6.82. The predicted octanol–water partition coefficient (Wildman–Crippen LogP) is 3.04. The van der Waals surface area contributed by atoms with Crippen molar-refractivity contribution in [3.63, 3.8) is 0 Å². The molecule has 102 valence electrons. The Labute approximate surface area is 114 Å². The van der Waals surface area contributed by atoms with Crippen LogP contribution in [0.4, 0.5) is 8.78 Å². The molecule has 1 aromatic carbocycles. The van der Waals surface area contributed by atoms with Crippen LogP contribution in [-0.4, -0.2) is 14.7 Å². The van der Waals surface area contributed by atoms with Crippen LogP contribution >= 0.6 is 11.5 Å². The van der Waals surface area contributed by atoms with Gasteiger partial charge in [0.1, 0.15) is 0 Å². The number of benzene rings is 1. The second-order valence-electron chi connectivity index (χ2n) is 4.30. The summed E-state index contributed by atoms with van der Waals surface area (Å²) in [4.78, 5) is 0.701. The van der Waals surface area contributed by atoms with Crippen LogP contribution in [0.5, 0.6) is 0 Å².